The lowest BCUT2D eigenvalue weighted by atomic mass is 10.2. The van der Waals surface area contributed by atoms with Crippen molar-refractivity contribution in [2.45, 2.75) is 39.2 Å². The minimum atomic E-state index is 0.257. The van der Waals surface area contributed by atoms with Gasteiger partial charge < -0.3 is 10.2 Å². The largest absolute Gasteiger partial charge is 0.354 e. The predicted molar refractivity (Wildman–Crippen MR) is 69.7 cm³/mol. The Morgan fingerprint density at radius 1 is 1.41 bits per heavy atom. The molecule has 1 fully saturated rings. The molecule has 5 nitrogen and oxygen atoms in total. The van der Waals surface area contributed by atoms with E-state index in [-0.39, 0.29) is 5.28 Å². The molecule has 6 heteroatoms. The summed E-state index contributed by atoms with van der Waals surface area (Å²) >= 11 is 5.93. The van der Waals surface area contributed by atoms with Crippen molar-refractivity contribution in [3.8, 4) is 0 Å². The fourth-order valence-corrected chi connectivity index (χ4v) is 2.17. The first-order chi connectivity index (χ1) is 8.20. The van der Waals surface area contributed by atoms with Crippen molar-refractivity contribution >= 4 is 23.5 Å². The van der Waals surface area contributed by atoms with Crippen LogP contribution in [0.3, 0.4) is 0 Å². The number of rotatable bonds is 4. The van der Waals surface area contributed by atoms with Gasteiger partial charge in [0.25, 0.3) is 0 Å². The first-order valence-electron chi connectivity index (χ1n) is 6.12. The Morgan fingerprint density at radius 3 is 2.88 bits per heavy atom. The Balaban J connectivity index is 2.18. The second kappa shape index (κ2) is 5.49. The number of aromatic nitrogens is 3. The Labute approximate surface area is 107 Å². The minimum absolute atomic E-state index is 0.257. The molecule has 1 N–H and O–H groups in total. The Bertz CT molecular complexity index is 384. The molecule has 0 saturated carbocycles. The SMILES string of the molecule is CCCNc1nc(Cl)nc(N2CCCC2C)n1. The van der Waals surface area contributed by atoms with E-state index in [1.807, 2.05) is 0 Å². The Kier molecular flexibility index (Phi) is 3.99. The van der Waals surface area contributed by atoms with Crippen molar-refractivity contribution in [3.05, 3.63) is 5.28 Å². The minimum Gasteiger partial charge on any atom is -0.354 e. The van der Waals surface area contributed by atoms with Gasteiger partial charge in [0, 0.05) is 19.1 Å². The molecule has 1 saturated heterocycles. The van der Waals surface area contributed by atoms with Crippen molar-refractivity contribution in [1.29, 1.82) is 0 Å². The molecular formula is C11H18ClN5. The molecule has 0 amide bonds. The fourth-order valence-electron chi connectivity index (χ4n) is 2.01. The number of nitrogens with one attached hydrogen (secondary N) is 1. The zero-order valence-corrected chi connectivity index (χ0v) is 11.0. The number of halogens is 1. The molecule has 0 aromatic carbocycles. The van der Waals surface area contributed by atoms with Gasteiger partial charge in [-0.05, 0) is 37.8 Å². The summed E-state index contributed by atoms with van der Waals surface area (Å²) in [6, 6.07) is 0.479. The van der Waals surface area contributed by atoms with Gasteiger partial charge in [-0.3, -0.25) is 0 Å². The average molecular weight is 256 g/mol. The first-order valence-corrected chi connectivity index (χ1v) is 6.50. The lowest BCUT2D eigenvalue weighted by Gasteiger charge is -2.21. The van der Waals surface area contributed by atoms with E-state index < -0.39 is 0 Å². The summed E-state index contributed by atoms with van der Waals surface area (Å²) in [6.45, 7) is 6.12. The van der Waals surface area contributed by atoms with E-state index in [0.29, 0.717) is 17.9 Å². The van der Waals surface area contributed by atoms with Crippen LogP contribution >= 0.6 is 11.6 Å². The summed E-state index contributed by atoms with van der Waals surface area (Å²) in [5.74, 6) is 1.26. The van der Waals surface area contributed by atoms with E-state index in [4.69, 9.17) is 11.6 Å². The van der Waals surface area contributed by atoms with Crippen molar-refractivity contribution < 1.29 is 0 Å². The molecule has 2 rings (SSSR count). The van der Waals surface area contributed by atoms with Gasteiger partial charge in [-0.15, -0.1) is 0 Å². The molecule has 1 aliphatic rings. The van der Waals surface area contributed by atoms with Crippen molar-refractivity contribution in [3.63, 3.8) is 0 Å². The molecule has 1 aromatic rings. The summed E-state index contributed by atoms with van der Waals surface area (Å²) in [5, 5.41) is 3.40. The van der Waals surface area contributed by atoms with E-state index in [0.717, 1.165) is 19.5 Å². The van der Waals surface area contributed by atoms with Crippen LogP contribution < -0.4 is 10.2 Å². The van der Waals surface area contributed by atoms with Crippen LogP contribution in [-0.4, -0.2) is 34.1 Å². The van der Waals surface area contributed by atoms with Gasteiger partial charge in [0.15, 0.2) is 0 Å². The van der Waals surface area contributed by atoms with Crippen molar-refractivity contribution in [1.82, 2.24) is 15.0 Å². The van der Waals surface area contributed by atoms with Gasteiger partial charge in [0.1, 0.15) is 0 Å². The highest BCUT2D eigenvalue weighted by atomic mass is 35.5. The normalized spacial score (nSPS) is 19.7. The standard InChI is InChI=1S/C11H18ClN5/c1-3-6-13-10-14-9(12)15-11(16-10)17-7-4-5-8(17)2/h8H,3-7H2,1-2H3,(H,13,14,15,16). The maximum absolute atomic E-state index is 5.93. The topological polar surface area (TPSA) is 53.9 Å². The molecule has 1 aromatic heterocycles. The molecule has 2 heterocycles. The smallest absolute Gasteiger partial charge is 0.231 e. The van der Waals surface area contributed by atoms with Crippen LogP contribution in [0.4, 0.5) is 11.9 Å². The van der Waals surface area contributed by atoms with Crippen molar-refractivity contribution in [2.24, 2.45) is 0 Å². The fraction of sp³-hybridized carbons (Fsp3) is 0.727. The first kappa shape index (κ1) is 12.4. The molecule has 0 radical (unpaired) electrons. The van der Waals surface area contributed by atoms with Gasteiger partial charge in [-0.1, -0.05) is 6.92 Å². The third-order valence-corrected chi connectivity index (χ3v) is 3.11. The zero-order valence-electron chi connectivity index (χ0n) is 10.3. The monoisotopic (exact) mass is 255 g/mol. The summed E-state index contributed by atoms with van der Waals surface area (Å²) in [4.78, 5) is 14.9. The summed E-state index contributed by atoms with van der Waals surface area (Å²) < 4.78 is 0. The molecule has 94 valence electrons. The van der Waals surface area contributed by atoms with Gasteiger partial charge in [-0.2, -0.15) is 15.0 Å². The van der Waals surface area contributed by atoms with E-state index in [1.165, 1.54) is 12.8 Å². The van der Waals surface area contributed by atoms with E-state index in [1.54, 1.807) is 0 Å². The molecule has 1 aliphatic heterocycles. The number of hydrogen-bond acceptors (Lipinski definition) is 5. The quantitative estimate of drug-likeness (QED) is 0.895. The molecular weight excluding hydrogens is 238 g/mol. The van der Waals surface area contributed by atoms with Gasteiger partial charge in [0.05, 0.1) is 0 Å². The highest BCUT2D eigenvalue weighted by Crippen LogP contribution is 2.23. The average Bonchev–Trinajstić information content (AvgIpc) is 2.72. The van der Waals surface area contributed by atoms with Crippen molar-refractivity contribution in [2.75, 3.05) is 23.3 Å². The second-order valence-corrected chi connectivity index (χ2v) is 4.68. The van der Waals surface area contributed by atoms with Crippen LogP contribution in [0, 0.1) is 0 Å². The lowest BCUT2D eigenvalue weighted by molar-refractivity contribution is 0.714. The molecule has 1 unspecified atom stereocenters. The van der Waals surface area contributed by atoms with Crippen LogP contribution in [0.15, 0.2) is 0 Å². The second-order valence-electron chi connectivity index (χ2n) is 4.34. The number of nitrogens with zero attached hydrogens (tertiary/aromatic N) is 4. The lowest BCUT2D eigenvalue weighted by Crippen LogP contribution is -2.28. The molecule has 0 bridgehead atoms. The number of anilines is 2. The molecule has 0 aliphatic carbocycles. The third-order valence-electron chi connectivity index (χ3n) is 2.94. The van der Waals surface area contributed by atoms with Crippen LogP contribution in [0.2, 0.25) is 5.28 Å². The molecule has 0 spiro atoms. The van der Waals surface area contributed by atoms with Gasteiger partial charge >= 0.3 is 0 Å². The summed E-state index contributed by atoms with van der Waals surface area (Å²) in [7, 11) is 0. The van der Waals surface area contributed by atoms with Crippen LogP contribution in [0.5, 0.6) is 0 Å². The predicted octanol–water partition coefficient (Wildman–Crippen LogP) is 2.34. The van der Waals surface area contributed by atoms with Crippen LogP contribution in [0.25, 0.3) is 0 Å². The Morgan fingerprint density at radius 2 is 2.24 bits per heavy atom. The summed E-state index contributed by atoms with van der Waals surface area (Å²) in [6.07, 6.45) is 3.39. The van der Waals surface area contributed by atoms with E-state index in [2.05, 4.69) is 39.0 Å². The molecule has 1 atom stereocenters. The van der Waals surface area contributed by atoms with E-state index in [9.17, 15) is 0 Å². The highest BCUT2D eigenvalue weighted by molar-refractivity contribution is 6.28. The number of hydrogen-bond donors (Lipinski definition) is 1. The molecule has 17 heavy (non-hydrogen) atoms. The zero-order chi connectivity index (χ0) is 12.3. The highest BCUT2D eigenvalue weighted by Gasteiger charge is 2.23. The maximum atomic E-state index is 5.93. The maximum Gasteiger partial charge on any atom is 0.231 e. The van der Waals surface area contributed by atoms with Gasteiger partial charge in [-0.25, -0.2) is 0 Å². The Hall–Kier alpha value is -1.10. The van der Waals surface area contributed by atoms with Crippen LogP contribution in [-0.2, 0) is 0 Å². The van der Waals surface area contributed by atoms with E-state index >= 15 is 0 Å². The van der Waals surface area contributed by atoms with Gasteiger partial charge in [0.2, 0.25) is 17.2 Å². The summed E-state index contributed by atoms with van der Waals surface area (Å²) in [5.41, 5.74) is 0. The van der Waals surface area contributed by atoms with Crippen LogP contribution in [0.1, 0.15) is 33.1 Å². The third kappa shape index (κ3) is 2.97.